The molecule has 1 aromatic carbocycles. The number of nitrogens with one attached hydrogen (secondary N) is 1. The first-order valence-corrected chi connectivity index (χ1v) is 9.57. The highest BCUT2D eigenvalue weighted by Gasteiger charge is 2.35. The molecule has 6 heteroatoms. The number of aromatic amines is 1. The van der Waals surface area contributed by atoms with Crippen LogP contribution in [0.1, 0.15) is 34.5 Å². The Morgan fingerprint density at radius 2 is 1.82 bits per heavy atom. The number of rotatable bonds is 4. The van der Waals surface area contributed by atoms with Crippen molar-refractivity contribution in [2.24, 2.45) is 0 Å². The van der Waals surface area contributed by atoms with E-state index in [1.807, 2.05) is 54.3 Å². The van der Waals surface area contributed by atoms with E-state index in [1.165, 1.54) is 0 Å². The number of piperidine rings is 1. The number of benzene rings is 1. The van der Waals surface area contributed by atoms with Gasteiger partial charge in [0.1, 0.15) is 5.69 Å². The number of nitrogens with zero attached hydrogens (tertiary/aromatic N) is 3. The molecule has 0 aliphatic carbocycles. The third kappa shape index (κ3) is 3.68. The SMILES string of the molecule is Cc1[nH]nc(-c2ccncc2)c1C(=O)N1CCC(O)(Cc2ccccc2)CC1. The van der Waals surface area contributed by atoms with Crippen LogP contribution >= 0.6 is 0 Å². The molecule has 0 unspecified atom stereocenters. The standard InChI is InChI=1S/C22H24N4O2/c1-16-19(20(25-24-16)18-7-11-23-12-8-18)21(27)26-13-9-22(28,10-14-26)15-17-5-3-2-4-6-17/h2-8,11-12,28H,9-10,13-15H2,1H3,(H,24,25). The molecule has 1 fully saturated rings. The molecule has 0 saturated carbocycles. The second kappa shape index (κ2) is 7.56. The second-order valence-electron chi connectivity index (χ2n) is 7.49. The van der Waals surface area contributed by atoms with Crippen molar-refractivity contribution in [1.29, 1.82) is 0 Å². The van der Waals surface area contributed by atoms with Gasteiger partial charge in [-0.3, -0.25) is 14.9 Å². The topological polar surface area (TPSA) is 82.1 Å². The van der Waals surface area contributed by atoms with Gasteiger partial charge in [-0.05, 0) is 37.5 Å². The van der Waals surface area contributed by atoms with Gasteiger partial charge in [0.05, 0.1) is 11.2 Å². The lowest BCUT2D eigenvalue weighted by molar-refractivity contribution is -0.0162. The first kappa shape index (κ1) is 18.4. The Hall–Kier alpha value is -2.99. The molecule has 1 saturated heterocycles. The highest BCUT2D eigenvalue weighted by Crippen LogP contribution is 2.30. The lowest BCUT2D eigenvalue weighted by Crippen LogP contribution is -2.47. The van der Waals surface area contributed by atoms with Gasteiger partial charge in [-0.25, -0.2) is 0 Å². The second-order valence-corrected chi connectivity index (χ2v) is 7.49. The first-order valence-electron chi connectivity index (χ1n) is 9.57. The van der Waals surface area contributed by atoms with Crippen molar-refractivity contribution in [2.75, 3.05) is 13.1 Å². The molecule has 4 rings (SSSR count). The van der Waals surface area contributed by atoms with Crippen molar-refractivity contribution in [2.45, 2.75) is 31.8 Å². The van der Waals surface area contributed by atoms with Gasteiger partial charge in [0.15, 0.2) is 0 Å². The van der Waals surface area contributed by atoms with Gasteiger partial charge in [0.25, 0.3) is 5.91 Å². The zero-order valence-corrected chi connectivity index (χ0v) is 15.9. The molecular formula is C22H24N4O2. The van der Waals surface area contributed by atoms with Crippen LogP contribution in [0.4, 0.5) is 0 Å². The molecule has 2 aromatic heterocycles. The largest absolute Gasteiger partial charge is 0.389 e. The first-order chi connectivity index (χ1) is 13.6. The molecule has 0 atom stereocenters. The van der Waals surface area contributed by atoms with Gasteiger partial charge in [-0.1, -0.05) is 30.3 Å². The Morgan fingerprint density at radius 3 is 2.50 bits per heavy atom. The smallest absolute Gasteiger partial charge is 0.257 e. The van der Waals surface area contributed by atoms with E-state index in [1.54, 1.807) is 12.4 Å². The van der Waals surface area contributed by atoms with E-state index in [2.05, 4.69) is 15.2 Å². The molecule has 0 spiro atoms. The normalized spacial score (nSPS) is 16.1. The Bertz CT molecular complexity index is 945. The van der Waals surface area contributed by atoms with Crippen LogP contribution in [0.5, 0.6) is 0 Å². The number of carbonyl (C=O) groups is 1. The summed E-state index contributed by atoms with van der Waals surface area (Å²) in [7, 11) is 0. The van der Waals surface area contributed by atoms with Gasteiger partial charge in [0, 0.05) is 43.2 Å². The summed E-state index contributed by atoms with van der Waals surface area (Å²) in [6, 6.07) is 13.7. The van der Waals surface area contributed by atoms with E-state index >= 15 is 0 Å². The predicted molar refractivity (Wildman–Crippen MR) is 107 cm³/mol. The summed E-state index contributed by atoms with van der Waals surface area (Å²) in [6.07, 6.45) is 5.13. The number of aromatic nitrogens is 3. The van der Waals surface area contributed by atoms with Gasteiger partial charge in [-0.2, -0.15) is 5.10 Å². The molecule has 28 heavy (non-hydrogen) atoms. The zero-order chi connectivity index (χ0) is 19.6. The van der Waals surface area contributed by atoms with E-state index in [4.69, 9.17) is 0 Å². The lowest BCUT2D eigenvalue weighted by Gasteiger charge is -2.38. The summed E-state index contributed by atoms with van der Waals surface area (Å²) in [5, 5.41) is 18.3. The van der Waals surface area contributed by atoms with Gasteiger partial charge >= 0.3 is 0 Å². The van der Waals surface area contributed by atoms with Gasteiger partial charge < -0.3 is 10.0 Å². The number of hydrogen-bond donors (Lipinski definition) is 2. The molecule has 2 N–H and O–H groups in total. The maximum absolute atomic E-state index is 13.2. The molecule has 144 valence electrons. The van der Waals surface area contributed by atoms with E-state index in [0.717, 1.165) is 16.8 Å². The highest BCUT2D eigenvalue weighted by atomic mass is 16.3. The predicted octanol–water partition coefficient (Wildman–Crippen LogP) is 2.99. The van der Waals surface area contributed by atoms with Crippen molar-refractivity contribution in [3.63, 3.8) is 0 Å². The zero-order valence-electron chi connectivity index (χ0n) is 15.9. The minimum atomic E-state index is -0.766. The van der Waals surface area contributed by atoms with Crippen molar-refractivity contribution < 1.29 is 9.90 Å². The van der Waals surface area contributed by atoms with Crippen molar-refractivity contribution >= 4 is 5.91 Å². The fourth-order valence-corrected chi connectivity index (χ4v) is 3.85. The van der Waals surface area contributed by atoms with Crippen molar-refractivity contribution in [3.8, 4) is 11.3 Å². The van der Waals surface area contributed by atoms with Gasteiger partial charge in [-0.15, -0.1) is 0 Å². The minimum Gasteiger partial charge on any atom is -0.389 e. The minimum absolute atomic E-state index is 0.0418. The summed E-state index contributed by atoms with van der Waals surface area (Å²) >= 11 is 0. The van der Waals surface area contributed by atoms with Crippen molar-refractivity contribution in [3.05, 3.63) is 71.7 Å². The van der Waals surface area contributed by atoms with Crippen LogP contribution in [-0.4, -0.2) is 49.8 Å². The summed E-state index contributed by atoms with van der Waals surface area (Å²) in [5.74, 6) is -0.0418. The Morgan fingerprint density at radius 1 is 1.14 bits per heavy atom. The van der Waals surface area contributed by atoms with Crippen LogP contribution in [0, 0.1) is 6.92 Å². The number of aryl methyl sites for hydroxylation is 1. The average Bonchev–Trinajstić information content (AvgIpc) is 3.11. The van der Waals surface area contributed by atoms with Crippen LogP contribution in [0.3, 0.4) is 0 Å². The number of carbonyl (C=O) groups excluding carboxylic acids is 1. The Kier molecular flexibility index (Phi) is 4.96. The van der Waals surface area contributed by atoms with Crippen LogP contribution in [0.2, 0.25) is 0 Å². The van der Waals surface area contributed by atoms with Gasteiger partial charge in [0.2, 0.25) is 0 Å². The summed E-state index contributed by atoms with van der Waals surface area (Å²) in [4.78, 5) is 19.1. The average molecular weight is 376 g/mol. The number of H-pyrrole nitrogens is 1. The molecule has 0 radical (unpaired) electrons. The van der Waals surface area contributed by atoms with E-state index < -0.39 is 5.60 Å². The molecule has 3 heterocycles. The fourth-order valence-electron chi connectivity index (χ4n) is 3.85. The Labute approximate surface area is 164 Å². The van der Waals surface area contributed by atoms with Crippen LogP contribution in [0.15, 0.2) is 54.9 Å². The molecule has 1 aliphatic heterocycles. The van der Waals surface area contributed by atoms with Crippen LogP contribution < -0.4 is 0 Å². The monoisotopic (exact) mass is 376 g/mol. The van der Waals surface area contributed by atoms with Crippen LogP contribution in [0.25, 0.3) is 11.3 Å². The fraction of sp³-hybridized carbons (Fsp3) is 0.318. The molecule has 3 aromatic rings. The van der Waals surface area contributed by atoms with Crippen molar-refractivity contribution in [1.82, 2.24) is 20.1 Å². The molecule has 1 aliphatic rings. The summed E-state index contributed by atoms with van der Waals surface area (Å²) < 4.78 is 0. The summed E-state index contributed by atoms with van der Waals surface area (Å²) in [6.45, 7) is 2.92. The molecule has 1 amide bonds. The maximum atomic E-state index is 13.2. The third-order valence-electron chi connectivity index (χ3n) is 5.47. The molecular weight excluding hydrogens is 352 g/mol. The highest BCUT2D eigenvalue weighted by molar-refractivity contribution is 6.01. The number of amides is 1. The molecule has 6 nitrogen and oxygen atoms in total. The lowest BCUT2D eigenvalue weighted by atomic mass is 9.85. The van der Waals surface area contributed by atoms with E-state index in [0.29, 0.717) is 43.6 Å². The van der Waals surface area contributed by atoms with E-state index in [-0.39, 0.29) is 5.91 Å². The quantitative estimate of drug-likeness (QED) is 0.733. The number of pyridine rings is 1. The van der Waals surface area contributed by atoms with E-state index in [9.17, 15) is 9.90 Å². The number of aliphatic hydroxyl groups is 1. The Balaban J connectivity index is 1.49. The third-order valence-corrected chi connectivity index (χ3v) is 5.47. The summed E-state index contributed by atoms with van der Waals surface area (Å²) in [5.41, 5.74) is 3.21. The van der Waals surface area contributed by atoms with Crippen LogP contribution in [-0.2, 0) is 6.42 Å². The molecule has 0 bridgehead atoms. The maximum Gasteiger partial charge on any atom is 0.257 e. The number of likely N-dealkylation sites (tertiary alicyclic amines) is 1. The number of hydrogen-bond acceptors (Lipinski definition) is 4.